The maximum Gasteiger partial charge on any atom is 0.143 e. The molecule has 0 amide bonds. The summed E-state index contributed by atoms with van der Waals surface area (Å²) in [6.07, 6.45) is 0. The van der Waals surface area contributed by atoms with Crippen molar-refractivity contribution in [2.75, 3.05) is 0 Å². The molecule has 3 rings (SSSR count). The van der Waals surface area contributed by atoms with Gasteiger partial charge in [0.2, 0.25) is 0 Å². The number of hydrogen-bond acceptors (Lipinski definition) is 3. The summed E-state index contributed by atoms with van der Waals surface area (Å²) in [6.45, 7) is 3.90. The molecule has 1 aromatic carbocycles. The minimum atomic E-state index is 0.834. The molecular formula is C12H10N2O. The zero-order valence-electron chi connectivity index (χ0n) is 8.61. The van der Waals surface area contributed by atoms with Gasteiger partial charge >= 0.3 is 0 Å². The van der Waals surface area contributed by atoms with Crippen LogP contribution in [0.5, 0.6) is 0 Å². The van der Waals surface area contributed by atoms with Crippen LogP contribution in [0.15, 0.2) is 28.8 Å². The van der Waals surface area contributed by atoms with Crippen LogP contribution in [0.4, 0.5) is 0 Å². The molecule has 3 heteroatoms. The molecule has 0 spiro atoms. The van der Waals surface area contributed by atoms with Crippen molar-refractivity contribution in [3.05, 3.63) is 35.7 Å². The van der Waals surface area contributed by atoms with Crippen molar-refractivity contribution in [2.45, 2.75) is 13.8 Å². The van der Waals surface area contributed by atoms with Gasteiger partial charge < -0.3 is 4.52 Å². The molecule has 0 unspecified atom stereocenters. The molecule has 0 aliphatic heterocycles. The fourth-order valence-corrected chi connectivity index (χ4v) is 1.99. The fourth-order valence-electron chi connectivity index (χ4n) is 1.99. The van der Waals surface area contributed by atoms with Crippen LogP contribution >= 0.6 is 0 Å². The van der Waals surface area contributed by atoms with E-state index in [1.807, 2.05) is 38.1 Å². The normalized spacial score (nSPS) is 11.3. The first-order chi connectivity index (χ1) is 7.27. The Morgan fingerprint density at radius 3 is 2.80 bits per heavy atom. The van der Waals surface area contributed by atoms with E-state index in [0.29, 0.717) is 0 Å². The lowest BCUT2D eigenvalue weighted by Gasteiger charge is -1.99. The first-order valence-electron chi connectivity index (χ1n) is 4.88. The number of para-hydroxylation sites is 1. The summed E-state index contributed by atoms with van der Waals surface area (Å²) in [6, 6.07) is 7.98. The standard InChI is InChI=1S/C12H10N2O/c1-7-11-8(2)15-14-12(11)9-5-3-4-6-10(9)13-7/h3-6H,1-2H3. The van der Waals surface area contributed by atoms with Crippen molar-refractivity contribution in [2.24, 2.45) is 0 Å². The van der Waals surface area contributed by atoms with Crippen LogP contribution in [0.2, 0.25) is 0 Å². The Labute approximate surface area is 86.7 Å². The molecule has 0 aliphatic carbocycles. The zero-order chi connectivity index (χ0) is 10.4. The molecule has 0 aliphatic rings. The van der Waals surface area contributed by atoms with Gasteiger partial charge in [0.25, 0.3) is 0 Å². The highest BCUT2D eigenvalue weighted by Gasteiger charge is 2.11. The predicted molar refractivity (Wildman–Crippen MR) is 58.8 cm³/mol. The average molecular weight is 198 g/mol. The number of hydrogen-bond donors (Lipinski definition) is 0. The molecular weight excluding hydrogens is 188 g/mol. The second kappa shape index (κ2) is 2.79. The van der Waals surface area contributed by atoms with E-state index >= 15 is 0 Å². The van der Waals surface area contributed by atoms with Gasteiger partial charge in [0.05, 0.1) is 16.6 Å². The van der Waals surface area contributed by atoms with E-state index in [0.717, 1.165) is 33.3 Å². The third-order valence-electron chi connectivity index (χ3n) is 2.67. The van der Waals surface area contributed by atoms with E-state index in [-0.39, 0.29) is 0 Å². The summed E-state index contributed by atoms with van der Waals surface area (Å²) in [7, 11) is 0. The molecule has 0 bridgehead atoms. The van der Waals surface area contributed by atoms with Crippen LogP contribution < -0.4 is 0 Å². The average Bonchev–Trinajstić information content (AvgIpc) is 2.62. The summed E-state index contributed by atoms with van der Waals surface area (Å²) >= 11 is 0. The van der Waals surface area contributed by atoms with E-state index in [1.54, 1.807) is 0 Å². The van der Waals surface area contributed by atoms with Gasteiger partial charge in [-0.1, -0.05) is 23.4 Å². The third-order valence-corrected chi connectivity index (χ3v) is 2.67. The highest BCUT2D eigenvalue weighted by molar-refractivity contribution is 6.04. The number of nitrogens with zero attached hydrogens (tertiary/aromatic N) is 2. The summed E-state index contributed by atoms with van der Waals surface area (Å²) in [5.41, 5.74) is 2.86. The number of pyridine rings is 1. The van der Waals surface area contributed by atoms with E-state index in [1.165, 1.54) is 0 Å². The molecule has 15 heavy (non-hydrogen) atoms. The Balaban J connectivity index is 2.65. The first kappa shape index (κ1) is 8.41. The minimum Gasteiger partial charge on any atom is -0.360 e. The smallest absolute Gasteiger partial charge is 0.143 e. The molecule has 0 saturated carbocycles. The second-order valence-electron chi connectivity index (χ2n) is 3.68. The Hall–Kier alpha value is -1.90. The van der Waals surface area contributed by atoms with Crippen molar-refractivity contribution in [3.8, 4) is 0 Å². The number of fused-ring (bicyclic) bond motifs is 3. The Kier molecular flexibility index (Phi) is 1.57. The Morgan fingerprint density at radius 1 is 1.13 bits per heavy atom. The molecule has 3 aromatic rings. The summed E-state index contributed by atoms with van der Waals surface area (Å²) in [5.74, 6) is 0.834. The van der Waals surface area contributed by atoms with Crippen LogP contribution in [0.3, 0.4) is 0 Å². The van der Waals surface area contributed by atoms with Crippen LogP contribution in [0.25, 0.3) is 21.8 Å². The van der Waals surface area contributed by atoms with Gasteiger partial charge in [-0.05, 0) is 19.9 Å². The van der Waals surface area contributed by atoms with Crippen LogP contribution in [-0.2, 0) is 0 Å². The van der Waals surface area contributed by atoms with Gasteiger partial charge in [0, 0.05) is 5.39 Å². The van der Waals surface area contributed by atoms with Gasteiger partial charge in [0.15, 0.2) is 0 Å². The molecule has 74 valence electrons. The number of aryl methyl sites for hydroxylation is 2. The number of benzene rings is 1. The van der Waals surface area contributed by atoms with Crippen LogP contribution in [0, 0.1) is 13.8 Å². The lowest BCUT2D eigenvalue weighted by atomic mass is 10.1. The topological polar surface area (TPSA) is 38.9 Å². The van der Waals surface area contributed by atoms with Crippen LogP contribution in [0.1, 0.15) is 11.5 Å². The first-order valence-corrected chi connectivity index (χ1v) is 4.88. The van der Waals surface area contributed by atoms with E-state index < -0.39 is 0 Å². The largest absolute Gasteiger partial charge is 0.360 e. The van der Waals surface area contributed by atoms with Gasteiger partial charge in [-0.3, -0.25) is 4.98 Å². The van der Waals surface area contributed by atoms with Crippen molar-refractivity contribution < 1.29 is 4.52 Å². The lowest BCUT2D eigenvalue weighted by Crippen LogP contribution is -1.86. The van der Waals surface area contributed by atoms with E-state index in [9.17, 15) is 0 Å². The van der Waals surface area contributed by atoms with Crippen molar-refractivity contribution in [1.29, 1.82) is 0 Å². The second-order valence-corrected chi connectivity index (χ2v) is 3.68. The lowest BCUT2D eigenvalue weighted by molar-refractivity contribution is 0.406. The highest BCUT2D eigenvalue weighted by atomic mass is 16.5. The van der Waals surface area contributed by atoms with Gasteiger partial charge in [-0.25, -0.2) is 0 Å². The maximum absolute atomic E-state index is 5.21. The molecule has 0 atom stereocenters. The molecule has 0 radical (unpaired) electrons. The Bertz CT molecular complexity index is 655. The molecule has 2 aromatic heterocycles. The van der Waals surface area contributed by atoms with Crippen molar-refractivity contribution >= 4 is 21.8 Å². The SMILES string of the molecule is Cc1nc2ccccc2c2noc(C)c12. The van der Waals surface area contributed by atoms with Gasteiger partial charge in [0.1, 0.15) is 11.3 Å². The maximum atomic E-state index is 5.21. The van der Waals surface area contributed by atoms with E-state index in [4.69, 9.17) is 4.52 Å². The van der Waals surface area contributed by atoms with Crippen molar-refractivity contribution in [1.82, 2.24) is 10.1 Å². The number of rotatable bonds is 0. The monoisotopic (exact) mass is 198 g/mol. The third kappa shape index (κ3) is 1.06. The number of aromatic nitrogens is 2. The Morgan fingerprint density at radius 2 is 1.93 bits per heavy atom. The van der Waals surface area contributed by atoms with E-state index in [2.05, 4.69) is 10.1 Å². The van der Waals surface area contributed by atoms with Crippen LogP contribution in [-0.4, -0.2) is 10.1 Å². The minimum absolute atomic E-state index is 0.834. The molecule has 0 saturated heterocycles. The van der Waals surface area contributed by atoms with Gasteiger partial charge in [-0.15, -0.1) is 0 Å². The summed E-state index contributed by atoms with van der Waals surface area (Å²) in [4.78, 5) is 4.54. The summed E-state index contributed by atoms with van der Waals surface area (Å²) < 4.78 is 5.21. The fraction of sp³-hybridized carbons (Fsp3) is 0.167. The molecule has 3 nitrogen and oxygen atoms in total. The van der Waals surface area contributed by atoms with Gasteiger partial charge in [-0.2, -0.15) is 0 Å². The predicted octanol–water partition coefficient (Wildman–Crippen LogP) is 2.99. The molecule has 0 fully saturated rings. The zero-order valence-corrected chi connectivity index (χ0v) is 8.61. The molecule has 0 N–H and O–H groups in total. The quantitative estimate of drug-likeness (QED) is 0.557. The van der Waals surface area contributed by atoms with Crippen molar-refractivity contribution in [3.63, 3.8) is 0 Å². The highest BCUT2D eigenvalue weighted by Crippen LogP contribution is 2.27. The summed E-state index contributed by atoms with van der Waals surface area (Å²) in [5, 5.41) is 6.18. The molecule has 2 heterocycles.